The fourth-order valence-electron chi connectivity index (χ4n) is 2.02. The van der Waals surface area contributed by atoms with E-state index < -0.39 is 5.97 Å². The predicted octanol–water partition coefficient (Wildman–Crippen LogP) is -2.20. The third-order valence-corrected chi connectivity index (χ3v) is 3.13. The van der Waals surface area contributed by atoms with Crippen molar-refractivity contribution in [3.8, 4) is 5.75 Å². The van der Waals surface area contributed by atoms with Gasteiger partial charge in [0.2, 0.25) is 0 Å². The van der Waals surface area contributed by atoms with Gasteiger partial charge in [0.1, 0.15) is 5.75 Å². The first-order valence-corrected chi connectivity index (χ1v) is 6.29. The third-order valence-electron chi connectivity index (χ3n) is 3.13. The molecule has 0 aromatic heterocycles. The van der Waals surface area contributed by atoms with Crippen LogP contribution in [0.2, 0.25) is 0 Å². The van der Waals surface area contributed by atoms with E-state index in [-0.39, 0.29) is 53.0 Å². The van der Waals surface area contributed by atoms with Crippen molar-refractivity contribution < 1.29 is 49.0 Å². The summed E-state index contributed by atoms with van der Waals surface area (Å²) < 4.78 is 5.03. The van der Waals surface area contributed by atoms with E-state index in [9.17, 15) is 14.7 Å². The van der Waals surface area contributed by atoms with Crippen molar-refractivity contribution in [2.75, 3.05) is 12.8 Å². The van der Waals surface area contributed by atoms with Gasteiger partial charge in [0.25, 0.3) is 0 Å². The number of para-hydroxylation sites is 1. The third kappa shape index (κ3) is 4.10. The smallest absolute Gasteiger partial charge is 0.550 e. The molecule has 0 unspecified atom stereocenters. The van der Waals surface area contributed by atoms with Crippen LogP contribution in [-0.2, 0) is 11.2 Å². The number of ketones is 1. The molecule has 0 saturated heterocycles. The van der Waals surface area contributed by atoms with Gasteiger partial charge < -0.3 is 20.4 Å². The first kappa shape index (κ1) is 18.2. The number of benzene rings is 2. The standard InChI is InChI=1S/C16H15NO4.Na/c1-21-12-7-5-10(6-8-12)16(20)13-4-2-3-11(15(13)17)9-14(18)19;/h2-8H,9,17H2,1H3,(H,18,19);/q;+1/p-1. The molecular formula is C16H14NNaO4. The average Bonchev–Trinajstić information content (AvgIpc) is 2.48. The summed E-state index contributed by atoms with van der Waals surface area (Å²) in [7, 11) is 1.54. The number of nitrogen functional groups attached to an aromatic ring is 1. The fraction of sp³-hybridized carbons (Fsp3) is 0.125. The van der Waals surface area contributed by atoms with Crippen LogP contribution in [0.25, 0.3) is 0 Å². The molecule has 0 aliphatic heterocycles. The van der Waals surface area contributed by atoms with Crippen molar-refractivity contribution in [1.82, 2.24) is 0 Å². The van der Waals surface area contributed by atoms with Gasteiger partial charge in [-0.2, -0.15) is 0 Å². The van der Waals surface area contributed by atoms with Crippen molar-refractivity contribution >= 4 is 17.4 Å². The Bertz CT molecular complexity index is 683. The first-order chi connectivity index (χ1) is 10.0. The molecule has 0 saturated carbocycles. The molecule has 0 aliphatic rings. The normalized spacial score (nSPS) is 9.68. The zero-order chi connectivity index (χ0) is 15.4. The van der Waals surface area contributed by atoms with Crippen molar-refractivity contribution in [3.63, 3.8) is 0 Å². The number of nitrogens with two attached hydrogens (primary N) is 1. The van der Waals surface area contributed by atoms with Gasteiger partial charge in [0.05, 0.1) is 7.11 Å². The molecule has 0 atom stereocenters. The van der Waals surface area contributed by atoms with E-state index >= 15 is 0 Å². The summed E-state index contributed by atoms with van der Waals surface area (Å²) in [5, 5.41) is 10.7. The molecule has 0 spiro atoms. The van der Waals surface area contributed by atoms with Crippen molar-refractivity contribution in [2.45, 2.75) is 6.42 Å². The molecule has 0 radical (unpaired) electrons. The van der Waals surface area contributed by atoms with Gasteiger partial charge in [-0.25, -0.2) is 0 Å². The minimum atomic E-state index is -1.24. The molecular weight excluding hydrogens is 293 g/mol. The zero-order valence-corrected chi connectivity index (χ0v) is 14.5. The fourth-order valence-corrected chi connectivity index (χ4v) is 2.02. The maximum Gasteiger partial charge on any atom is 1.00 e. The number of carboxylic acid groups (broad SMARTS) is 1. The van der Waals surface area contributed by atoms with Gasteiger partial charge in [-0.1, -0.05) is 12.1 Å². The molecule has 0 heterocycles. The largest absolute Gasteiger partial charge is 1.00 e. The topological polar surface area (TPSA) is 92.5 Å². The minimum absolute atomic E-state index is 0. The molecule has 22 heavy (non-hydrogen) atoms. The van der Waals surface area contributed by atoms with Crippen LogP contribution in [-0.4, -0.2) is 18.9 Å². The summed E-state index contributed by atoms with van der Waals surface area (Å²) in [5.41, 5.74) is 7.16. The molecule has 0 fully saturated rings. The second kappa shape index (κ2) is 7.98. The van der Waals surface area contributed by atoms with Crippen LogP contribution in [0.4, 0.5) is 5.69 Å². The number of rotatable bonds is 5. The van der Waals surface area contributed by atoms with E-state index in [1.54, 1.807) is 42.5 Å². The second-order valence-corrected chi connectivity index (χ2v) is 4.48. The molecule has 108 valence electrons. The molecule has 0 bridgehead atoms. The van der Waals surface area contributed by atoms with Gasteiger partial charge in [-0.3, -0.25) is 4.79 Å². The van der Waals surface area contributed by atoms with Crippen molar-refractivity contribution in [3.05, 3.63) is 59.2 Å². The molecule has 5 nitrogen and oxygen atoms in total. The van der Waals surface area contributed by atoms with E-state index in [0.717, 1.165) is 0 Å². The van der Waals surface area contributed by atoms with E-state index in [4.69, 9.17) is 10.5 Å². The monoisotopic (exact) mass is 307 g/mol. The Morgan fingerprint density at radius 2 is 1.77 bits per heavy atom. The summed E-state index contributed by atoms with van der Waals surface area (Å²) in [6.45, 7) is 0. The van der Waals surface area contributed by atoms with E-state index in [1.807, 2.05) is 0 Å². The Balaban J connectivity index is 0.00000242. The number of aliphatic carboxylic acids is 1. The van der Waals surface area contributed by atoms with Gasteiger partial charge >= 0.3 is 29.6 Å². The molecule has 6 heteroatoms. The Morgan fingerprint density at radius 1 is 1.14 bits per heavy atom. The second-order valence-electron chi connectivity index (χ2n) is 4.48. The number of carbonyl (C=O) groups is 2. The number of methoxy groups -OCH3 is 1. The van der Waals surface area contributed by atoms with Gasteiger partial charge in [0, 0.05) is 29.2 Å². The number of hydrogen-bond donors (Lipinski definition) is 1. The van der Waals surface area contributed by atoms with Crippen molar-refractivity contribution in [2.24, 2.45) is 0 Å². The summed E-state index contributed by atoms with van der Waals surface area (Å²) in [4.78, 5) is 23.1. The number of carbonyl (C=O) groups excluding carboxylic acids is 2. The Kier molecular flexibility index (Phi) is 6.61. The molecule has 2 rings (SSSR count). The van der Waals surface area contributed by atoms with Crippen molar-refractivity contribution in [1.29, 1.82) is 0 Å². The average molecular weight is 307 g/mol. The first-order valence-electron chi connectivity index (χ1n) is 6.29. The number of carboxylic acids is 1. The van der Waals surface area contributed by atoms with E-state index in [0.29, 0.717) is 16.9 Å². The SMILES string of the molecule is COc1ccc(C(=O)c2cccc(CC(=O)[O-])c2N)cc1.[Na+]. The predicted molar refractivity (Wildman–Crippen MR) is 76.0 cm³/mol. The minimum Gasteiger partial charge on any atom is -0.550 e. The van der Waals surface area contributed by atoms with Gasteiger partial charge in [-0.15, -0.1) is 0 Å². The molecule has 0 aliphatic carbocycles. The summed E-state index contributed by atoms with van der Waals surface area (Å²) in [6, 6.07) is 11.4. The van der Waals surface area contributed by atoms with Crippen LogP contribution in [0.5, 0.6) is 5.75 Å². The van der Waals surface area contributed by atoms with Crippen LogP contribution in [0.1, 0.15) is 21.5 Å². The molecule has 2 N–H and O–H groups in total. The summed E-state index contributed by atoms with van der Waals surface area (Å²) in [6.07, 6.45) is -0.324. The Hall–Kier alpha value is -1.82. The summed E-state index contributed by atoms with van der Waals surface area (Å²) >= 11 is 0. The molecule has 2 aromatic carbocycles. The van der Waals surface area contributed by atoms with Crippen LogP contribution in [0.15, 0.2) is 42.5 Å². The number of ether oxygens (including phenoxy) is 1. The van der Waals surface area contributed by atoms with Crippen LogP contribution >= 0.6 is 0 Å². The van der Waals surface area contributed by atoms with Gasteiger partial charge in [0.15, 0.2) is 5.78 Å². The van der Waals surface area contributed by atoms with Crippen LogP contribution in [0.3, 0.4) is 0 Å². The molecule has 0 amide bonds. The maximum absolute atomic E-state index is 12.4. The number of hydrogen-bond acceptors (Lipinski definition) is 5. The number of anilines is 1. The van der Waals surface area contributed by atoms with E-state index in [2.05, 4.69) is 0 Å². The van der Waals surface area contributed by atoms with E-state index in [1.165, 1.54) is 7.11 Å². The summed E-state index contributed by atoms with van der Waals surface area (Å²) in [5.74, 6) is -0.865. The van der Waals surface area contributed by atoms with Crippen LogP contribution < -0.4 is 45.1 Å². The Morgan fingerprint density at radius 3 is 2.32 bits per heavy atom. The molecule has 2 aromatic rings. The maximum atomic E-state index is 12.4. The quantitative estimate of drug-likeness (QED) is 0.385. The Labute approximate surface area is 150 Å². The van der Waals surface area contributed by atoms with Gasteiger partial charge in [-0.05, 0) is 35.9 Å². The zero-order valence-electron chi connectivity index (χ0n) is 12.5. The van der Waals surface area contributed by atoms with Crippen LogP contribution in [0, 0.1) is 0 Å².